The van der Waals surface area contributed by atoms with E-state index in [1.165, 1.54) is 12.1 Å². The van der Waals surface area contributed by atoms with Crippen LogP contribution in [-0.4, -0.2) is 29.9 Å². The summed E-state index contributed by atoms with van der Waals surface area (Å²) in [5.41, 5.74) is -1.24. The van der Waals surface area contributed by atoms with E-state index in [-0.39, 0.29) is 5.56 Å². The SMILES string of the molecule is CC(C)(C)OC(=O)c1ccc(B2OC(C)(C)C(C)(C)O2)cc1F. The highest BCUT2D eigenvalue weighted by Crippen LogP contribution is 2.36. The number of ether oxygens (including phenoxy) is 1. The first kappa shape index (κ1) is 18.0. The summed E-state index contributed by atoms with van der Waals surface area (Å²) in [6, 6.07) is 4.30. The quantitative estimate of drug-likeness (QED) is 0.620. The minimum atomic E-state index is -0.685. The maximum Gasteiger partial charge on any atom is 0.494 e. The van der Waals surface area contributed by atoms with Gasteiger partial charge in [-0.15, -0.1) is 0 Å². The Labute approximate surface area is 137 Å². The Balaban J connectivity index is 2.23. The third-order valence-electron chi connectivity index (χ3n) is 4.14. The highest BCUT2D eigenvalue weighted by Gasteiger charge is 2.51. The Kier molecular flexibility index (Phi) is 4.37. The molecule has 1 heterocycles. The summed E-state index contributed by atoms with van der Waals surface area (Å²) in [4.78, 5) is 12.0. The highest BCUT2D eigenvalue weighted by atomic mass is 19.1. The van der Waals surface area contributed by atoms with Crippen LogP contribution in [0.4, 0.5) is 4.39 Å². The van der Waals surface area contributed by atoms with Gasteiger partial charge in [-0.25, -0.2) is 9.18 Å². The van der Waals surface area contributed by atoms with Crippen molar-refractivity contribution >= 4 is 18.6 Å². The molecule has 1 aromatic carbocycles. The van der Waals surface area contributed by atoms with Crippen LogP contribution in [-0.2, 0) is 14.0 Å². The van der Waals surface area contributed by atoms with Gasteiger partial charge in [-0.3, -0.25) is 0 Å². The number of carbonyl (C=O) groups excluding carboxylic acids is 1. The lowest BCUT2D eigenvalue weighted by atomic mass is 9.78. The molecule has 0 radical (unpaired) electrons. The zero-order valence-corrected chi connectivity index (χ0v) is 14.8. The molecular formula is C17H24BFO4. The average molecular weight is 322 g/mol. The van der Waals surface area contributed by atoms with E-state index in [2.05, 4.69) is 0 Å². The lowest BCUT2D eigenvalue weighted by Crippen LogP contribution is -2.41. The molecule has 1 aliphatic heterocycles. The molecular weight excluding hydrogens is 298 g/mol. The predicted molar refractivity (Wildman–Crippen MR) is 87.3 cm³/mol. The maximum atomic E-state index is 14.3. The number of rotatable bonds is 2. The molecule has 23 heavy (non-hydrogen) atoms. The van der Waals surface area contributed by atoms with Crippen LogP contribution in [0, 0.1) is 5.82 Å². The van der Waals surface area contributed by atoms with E-state index in [9.17, 15) is 9.18 Å². The molecule has 0 amide bonds. The largest absolute Gasteiger partial charge is 0.494 e. The molecule has 0 saturated carbocycles. The van der Waals surface area contributed by atoms with Crippen LogP contribution in [0.5, 0.6) is 0 Å². The fraction of sp³-hybridized carbons (Fsp3) is 0.588. The third-order valence-corrected chi connectivity index (χ3v) is 4.14. The molecule has 0 N–H and O–H groups in total. The molecule has 0 spiro atoms. The van der Waals surface area contributed by atoms with Gasteiger partial charge in [0, 0.05) is 0 Å². The molecule has 1 aromatic rings. The minimum absolute atomic E-state index is 0.0970. The van der Waals surface area contributed by atoms with Gasteiger partial charge in [0.25, 0.3) is 0 Å². The van der Waals surface area contributed by atoms with Gasteiger partial charge in [0.2, 0.25) is 0 Å². The highest BCUT2D eigenvalue weighted by molar-refractivity contribution is 6.62. The summed E-state index contributed by atoms with van der Waals surface area (Å²) in [6.45, 7) is 12.9. The Morgan fingerprint density at radius 3 is 2.09 bits per heavy atom. The van der Waals surface area contributed by atoms with Crippen molar-refractivity contribution in [2.75, 3.05) is 0 Å². The lowest BCUT2D eigenvalue weighted by molar-refractivity contribution is 0.00578. The van der Waals surface area contributed by atoms with Gasteiger partial charge in [0.15, 0.2) is 0 Å². The van der Waals surface area contributed by atoms with E-state index in [4.69, 9.17) is 14.0 Å². The predicted octanol–water partition coefficient (Wildman–Crippen LogP) is 3.08. The summed E-state index contributed by atoms with van der Waals surface area (Å²) in [7, 11) is -0.665. The van der Waals surface area contributed by atoms with Crippen LogP contribution in [0.25, 0.3) is 0 Å². The molecule has 0 aliphatic carbocycles. The van der Waals surface area contributed by atoms with Crippen molar-refractivity contribution in [1.82, 2.24) is 0 Å². The summed E-state index contributed by atoms with van der Waals surface area (Å²) >= 11 is 0. The number of benzene rings is 1. The Bertz CT molecular complexity index is 604. The van der Waals surface area contributed by atoms with Crippen molar-refractivity contribution in [2.45, 2.75) is 65.3 Å². The van der Waals surface area contributed by atoms with E-state index >= 15 is 0 Å². The minimum Gasteiger partial charge on any atom is -0.456 e. The maximum absolute atomic E-state index is 14.3. The summed E-state index contributed by atoms with van der Waals surface area (Å²) in [5, 5.41) is 0. The molecule has 4 nitrogen and oxygen atoms in total. The zero-order chi connectivity index (χ0) is 17.6. The molecule has 1 aliphatic rings. The van der Waals surface area contributed by atoms with Crippen LogP contribution in [0.2, 0.25) is 0 Å². The van der Waals surface area contributed by atoms with E-state index < -0.39 is 35.7 Å². The van der Waals surface area contributed by atoms with E-state index in [0.29, 0.717) is 5.46 Å². The molecule has 126 valence electrons. The average Bonchev–Trinajstić information content (AvgIpc) is 2.56. The molecule has 0 atom stereocenters. The molecule has 1 saturated heterocycles. The van der Waals surface area contributed by atoms with E-state index in [1.54, 1.807) is 26.8 Å². The van der Waals surface area contributed by atoms with Crippen LogP contribution in [0.3, 0.4) is 0 Å². The van der Waals surface area contributed by atoms with Crippen molar-refractivity contribution in [3.8, 4) is 0 Å². The second-order valence-corrected chi connectivity index (χ2v) is 7.83. The fourth-order valence-electron chi connectivity index (χ4n) is 2.16. The standard InChI is InChI=1S/C17H24BFO4/c1-15(2,3)21-14(20)12-9-8-11(10-13(12)19)18-22-16(4,5)17(6,7)23-18/h8-10H,1-7H3. The van der Waals surface area contributed by atoms with Gasteiger partial charge in [-0.1, -0.05) is 6.07 Å². The molecule has 1 fully saturated rings. The van der Waals surface area contributed by atoms with Gasteiger partial charge in [-0.2, -0.15) is 0 Å². The molecule has 2 rings (SSSR count). The third kappa shape index (κ3) is 3.75. The van der Waals surface area contributed by atoms with E-state index in [0.717, 1.165) is 0 Å². The molecule has 0 unspecified atom stereocenters. The van der Waals surface area contributed by atoms with Crippen molar-refractivity contribution in [1.29, 1.82) is 0 Å². The van der Waals surface area contributed by atoms with Crippen molar-refractivity contribution < 1.29 is 23.2 Å². The van der Waals surface area contributed by atoms with Crippen LogP contribution in [0.15, 0.2) is 18.2 Å². The normalized spacial score (nSPS) is 19.7. The van der Waals surface area contributed by atoms with Gasteiger partial charge in [-0.05, 0) is 66.1 Å². The van der Waals surface area contributed by atoms with Crippen molar-refractivity contribution in [2.24, 2.45) is 0 Å². The second kappa shape index (κ2) is 5.60. The van der Waals surface area contributed by atoms with Crippen LogP contribution < -0.4 is 5.46 Å². The zero-order valence-electron chi connectivity index (χ0n) is 14.8. The summed E-state index contributed by atoms with van der Waals surface area (Å²) in [6.07, 6.45) is 0. The Morgan fingerprint density at radius 2 is 1.65 bits per heavy atom. The van der Waals surface area contributed by atoms with Crippen molar-refractivity contribution in [3.63, 3.8) is 0 Å². The smallest absolute Gasteiger partial charge is 0.456 e. The lowest BCUT2D eigenvalue weighted by Gasteiger charge is -2.32. The first-order valence-corrected chi connectivity index (χ1v) is 7.71. The number of carbonyl (C=O) groups is 1. The Hall–Kier alpha value is -1.40. The summed E-state index contributed by atoms with van der Waals surface area (Å²) in [5.74, 6) is -1.33. The van der Waals surface area contributed by atoms with Gasteiger partial charge < -0.3 is 14.0 Å². The number of esters is 1. The monoisotopic (exact) mass is 322 g/mol. The number of hydrogen-bond acceptors (Lipinski definition) is 4. The molecule has 6 heteroatoms. The number of halogens is 1. The van der Waals surface area contributed by atoms with Gasteiger partial charge in [0.05, 0.1) is 16.8 Å². The molecule has 0 bridgehead atoms. The van der Waals surface area contributed by atoms with Crippen LogP contribution in [0.1, 0.15) is 58.8 Å². The topological polar surface area (TPSA) is 44.8 Å². The van der Waals surface area contributed by atoms with E-state index in [1.807, 2.05) is 27.7 Å². The number of hydrogen-bond donors (Lipinski definition) is 0. The second-order valence-electron chi connectivity index (χ2n) is 7.83. The molecule has 0 aromatic heterocycles. The first-order chi connectivity index (χ1) is 10.3. The van der Waals surface area contributed by atoms with Gasteiger partial charge in [0.1, 0.15) is 11.4 Å². The van der Waals surface area contributed by atoms with Crippen LogP contribution >= 0.6 is 0 Å². The van der Waals surface area contributed by atoms with Gasteiger partial charge >= 0.3 is 13.1 Å². The Morgan fingerprint density at radius 1 is 1.13 bits per heavy atom. The fourth-order valence-corrected chi connectivity index (χ4v) is 2.16. The van der Waals surface area contributed by atoms with Crippen molar-refractivity contribution in [3.05, 3.63) is 29.6 Å². The summed E-state index contributed by atoms with van der Waals surface area (Å²) < 4.78 is 31.3. The first-order valence-electron chi connectivity index (χ1n) is 7.71.